The van der Waals surface area contributed by atoms with Gasteiger partial charge in [0.15, 0.2) is 5.88 Å². The number of aromatic hydroxyl groups is 1. The van der Waals surface area contributed by atoms with Crippen LogP contribution in [0.15, 0.2) is 53.7 Å². The van der Waals surface area contributed by atoms with E-state index in [0.717, 1.165) is 22.0 Å². The largest absolute Gasteiger partial charge is 0.494 e. The van der Waals surface area contributed by atoms with Crippen molar-refractivity contribution in [2.75, 3.05) is 0 Å². The van der Waals surface area contributed by atoms with Gasteiger partial charge in [0.25, 0.3) is 0 Å². The topological polar surface area (TPSA) is 74.2 Å². The number of benzene rings is 1. The molecule has 0 radical (unpaired) electrons. The van der Waals surface area contributed by atoms with Crippen molar-refractivity contribution in [3.8, 4) is 5.88 Å². The molecule has 0 atom stereocenters. The van der Waals surface area contributed by atoms with Crippen LogP contribution in [0.1, 0.15) is 5.56 Å². The molecule has 3 heterocycles. The first kappa shape index (κ1) is 13.7. The minimum Gasteiger partial charge on any atom is -0.494 e. The summed E-state index contributed by atoms with van der Waals surface area (Å²) in [5.74, 6) is 0.0148. The molecule has 0 aliphatic carbocycles. The molecule has 0 amide bonds. The lowest BCUT2D eigenvalue weighted by Gasteiger charge is -1.98. The lowest BCUT2D eigenvalue weighted by Crippen LogP contribution is -1.81. The predicted molar refractivity (Wildman–Crippen MR) is 91.8 cm³/mol. The highest BCUT2D eigenvalue weighted by Crippen LogP contribution is 2.27. The average molecular weight is 323 g/mol. The SMILES string of the molecule is Oc1[nH]c2nc(Cl)ccc2c1C=Nc1ccc2ncccc2c1. The third kappa shape index (κ3) is 2.51. The summed E-state index contributed by atoms with van der Waals surface area (Å²) in [7, 11) is 0. The second-order valence-electron chi connectivity index (χ2n) is 5.06. The molecular formula is C17H11ClN4O. The second kappa shape index (κ2) is 5.37. The fourth-order valence-corrected chi connectivity index (χ4v) is 2.62. The zero-order valence-electron chi connectivity index (χ0n) is 11.9. The van der Waals surface area contributed by atoms with Crippen molar-refractivity contribution in [1.82, 2.24) is 15.0 Å². The lowest BCUT2D eigenvalue weighted by atomic mass is 10.2. The number of aromatic nitrogens is 3. The molecule has 0 aliphatic heterocycles. The van der Waals surface area contributed by atoms with Gasteiger partial charge in [0.05, 0.1) is 16.8 Å². The van der Waals surface area contributed by atoms with Gasteiger partial charge in [0, 0.05) is 23.2 Å². The summed E-state index contributed by atoms with van der Waals surface area (Å²) in [6.07, 6.45) is 3.37. The van der Waals surface area contributed by atoms with Gasteiger partial charge in [-0.1, -0.05) is 17.7 Å². The van der Waals surface area contributed by atoms with Crippen LogP contribution in [0.5, 0.6) is 5.88 Å². The van der Waals surface area contributed by atoms with Gasteiger partial charge in [0.1, 0.15) is 10.8 Å². The maximum atomic E-state index is 10.0. The van der Waals surface area contributed by atoms with E-state index in [1.165, 1.54) is 0 Å². The zero-order valence-corrected chi connectivity index (χ0v) is 12.6. The number of nitrogens with zero attached hydrogens (tertiary/aromatic N) is 3. The van der Waals surface area contributed by atoms with Crippen LogP contribution in [0.4, 0.5) is 5.69 Å². The van der Waals surface area contributed by atoms with Gasteiger partial charge in [0.2, 0.25) is 0 Å². The van der Waals surface area contributed by atoms with Crippen LogP contribution in [-0.2, 0) is 0 Å². The third-order valence-electron chi connectivity index (χ3n) is 3.57. The standard InChI is InChI=1S/C17H11ClN4O/c18-15-6-4-12-13(17(23)22-16(12)21-15)9-20-11-3-5-14-10(8-11)2-1-7-19-14/h1-9,23H,(H,21,22). The van der Waals surface area contributed by atoms with Crippen molar-refractivity contribution in [2.45, 2.75) is 0 Å². The van der Waals surface area contributed by atoms with Crippen LogP contribution in [0.3, 0.4) is 0 Å². The van der Waals surface area contributed by atoms with Gasteiger partial charge in [-0.3, -0.25) is 9.98 Å². The van der Waals surface area contributed by atoms with Crippen LogP contribution in [-0.4, -0.2) is 26.3 Å². The van der Waals surface area contributed by atoms with Gasteiger partial charge in [-0.05, 0) is 36.4 Å². The first-order valence-electron chi connectivity index (χ1n) is 6.97. The molecule has 6 heteroatoms. The molecule has 1 aromatic carbocycles. The Morgan fingerprint density at radius 2 is 2.09 bits per heavy atom. The molecule has 0 saturated heterocycles. The van der Waals surface area contributed by atoms with Crippen molar-refractivity contribution >= 4 is 45.4 Å². The Labute approximate surface area is 136 Å². The summed E-state index contributed by atoms with van der Waals surface area (Å²) < 4.78 is 0. The highest BCUT2D eigenvalue weighted by Gasteiger charge is 2.10. The fraction of sp³-hybridized carbons (Fsp3) is 0. The molecule has 0 aliphatic rings. The van der Waals surface area contributed by atoms with Crippen molar-refractivity contribution in [3.05, 3.63) is 59.4 Å². The van der Waals surface area contributed by atoms with Crippen molar-refractivity contribution in [2.24, 2.45) is 4.99 Å². The van der Waals surface area contributed by atoms with Gasteiger partial charge in [-0.15, -0.1) is 0 Å². The Balaban J connectivity index is 1.76. The minimum absolute atomic E-state index is 0.0148. The van der Waals surface area contributed by atoms with Gasteiger partial charge < -0.3 is 10.1 Å². The van der Waals surface area contributed by atoms with Gasteiger partial charge >= 0.3 is 0 Å². The molecule has 0 bridgehead atoms. The van der Waals surface area contributed by atoms with Crippen LogP contribution < -0.4 is 0 Å². The molecular weight excluding hydrogens is 312 g/mol. The Morgan fingerprint density at radius 3 is 3.00 bits per heavy atom. The summed E-state index contributed by atoms with van der Waals surface area (Å²) in [6.45, 7) is 0. The predicted octanol–water partition coefficient (Wildman–Crippen LogP) is 4.22. The van der Waals surface area contributed by atoms with E-state index in [0.29, 0.717) is 16.4 Å². The summed E-state index contributed by atoms with van der Waals surface area (Å²) >= 11 is 5.86. The van der Waals surface area contributed by atoms with Crippen molar-refractivity contribution in [3.63, 3.8) is 0 Å². The Bertz CT molecular complexity index is 1060. The lowest BCUT2D eigenvalue weighted by molar-refractivity contribution is 0.457. The van der Waals surface area contributed by atoms with E-state index < -0.39 is 0 Å². The maximum Gasteiger partial charge on any atom is 0.199 e. The first-order valence-corrected chi connectivity index (χ1v) is 7.34. The highest BCUT2D eigenvalue weighted by molar-refractivity contribution is 6.29. The highest BCUT2D eigenvalue weighted by atomic mass is 35.5. The number of hydrogen-bond acceptors (Lipinski definition) is 4. The van der Waals surface area contributed by atoms with E-state index >= 15 is 0 Å². The number of aliphatic imine (C=N–C) groups is 1. The number of pyridine rings is 2. The van der Waals surface area contributed by atoms with Crippen LogP contribution in [0.25, 0.3) is 21.9 Å². The van der Waals surface area contributed by atoms with Crippen molar-refractivity contribution in [1.29, 1.82) is 0 Å². The number of hydrogen-bond donors (Lipinski definition) is 2. The second-order valence-corrected chi connectivity index (χ2v) is 5.44. The van der Waals surface area contributed by atoms with E-state index in [1.807, 2.05) is 30.3 Å². The Morgan fingerprint density at radius 1 is 1.17 bits per heavy atom. The van der Waals surface area contributed by atoms with E-state index in [1.54, 1.807) is 24.5 Å². The number of nitrogens with one attached hydrogen (secondary N) is 1. The fourth-order valence-electron chi connectivity index (χ4n) is 2.47. The number of rotatable bonds is 2. The van der Waals surface area contributed by atoms with E-state index in [-0.39, 0.29) is 5.88 Å². The van der Waals surface area contributed by atoms with Gasteiger partial charge in [-0.2, -0.15) is 0 Å². The molecule has 0 fully saturated rings. The summed E-state index contributed by atoms with van der Waals surface area (Å²) in [5, 5.41) is 12.2. The maximum absolute atomic E-state index is 10.0. The number of H-pyrrole nitrogens is 1. The quantitative estimate of drug-likeness (QED) is 0.428. The Kier molecular flexibility index (Phi) is 3.20. The summed E-state index contributed by atoms with van der Waals surface area (Å²) in [4.78, 5) is 15.6. The monoisotopic (exact) mass is 322 g/mol. The van der Waals surface area contributed by atoms with Crippen LogP contribution in [0.2, 0.25) is 5.15 Å². The molecule has 112 valence electrons. The number of fused-ring (bicyclic) bond motifs is 2. The smallest absolute Gasteiger partial charge is 0.199 e. The molecule has 3 aromatic heterocycles. The molecule has 0 saturated carbocycles. The molecule has 0 unspecified atom stereocenters. The first-order chi connectivity index (χ1) is 11.2. The molecule has 4 rings (SSSR count). The van der Waals surface area contributed by atoms with Crippen LogP contribution in [0, 0.1) is 0 Å². The van der Waals surface area contributed by atoms with E-state index in [9.17, 15) is 5.11 Å². The average Bonchev–Trinajstić information content (AvgIpc) is 2.87. The van der Waals surface area contributed by atoms with E-state index in [2.05, 4.69) is 19.9 Å². The molecule has 4 aromatic rings. The normalized spacial score (nSPS) is 11.7. The van der Waals surface area contributed by atoms with Crippen LogP contribution >= 0.6 is 11.6 Å². The molecule has 23 heavy (non-hydrogen) atoms. The molecule has 2 N–H and O–H groups in total. The molecule has 0 spiro atoms. The molecule has 5 nitrogen and oxygen atoms in total. The Hall–Kier alpha value is -2.92. The number of aromatic amines is 1. The zero-order chi connectivity index (χ0) is 15.8. The van der Waals surface area contributed by atoms with Gasteiger partial charge in [-0.25, -0.2) is 4.98 Å². The summed E-state index contributed by atoms with van der Waals surface area (Å²) in [5.41, 5.74) is 2.80. The third-order valence-corrected chi connectivity index (χ3v) is 3.78. The minimum atomic E-state index is 0.0148. The summed E-state index contributed by atoms with van der Waals surface area (Å²) in [6, 6.07) is 13.1. The number of halogens is 1. The van der Waals surface area contributed by atoms with E-state index in [4.69, 9.17) is 11.6 Å². The van der Waals surface area contributed by atoms with Crippen molar-refractivity contribution < 1.29 is 5.11 Å².